The van der Waals surface area contributed by atoms with Gasteiger partial charge in [0.15, 0.2) is 0 Å². The Morgan fingerprint density at radius 3 is 1.43 bits per heavy atom. The summed E-state index contributed by atoms with van der Waals surface area (Å²) in [6.45, 7) is 10.0. The van der Waals surface area contributed by atoms with E-state index >= 15 is 0 Å². The van der Waals surface area contributed by atoms with Crippen LogP contribution in [0.5, 0.6) is 0 Å². The Morgan fingerprint density at radius 2 is 1.14 bits per heavy atom. The highest BCUT2D eigenvalue weighted by Crippen LogP contribution is 2.24. The summed E-state index contributed by atoms with van der Waals surface area (Å²) in [7, 11) is -3.00. The number of hydrogen-bond acceptors (Lipinski definition) is 2. The molecule has 0 rings (SSSR count). The van der Waals surface area contributed by atoms with Gasteiger partial charge in [-0.2, -0.15) is 0 Å². The molecule has 0 aromatic rings. The molecule has 21 heavy (non-hydrogen) atoms. The van der Waals surface area contributed by atoms with Crippen molar-refractivity contribution in [3.05, 3.63) is 0 Å². The van der Waals surface area contributed by atoms with Crippen LogP contribution < -0.4 is 0 Å². The number of rotatable bonds is 14. The lowest BCUT2D eigenvalue weighted by molar-refractivity contribution is 0.146. The van der Waals surface area contributed by atoms with Crippen LogP contribution >= 0.6 is 22.2 Å². The Bertz CT molecular complexity index is 218. The second-order valence-corrected chi connectivity index (χ2v) is 11.0. The van der Waals surface area contributed by atoms with Crippen LogP contribution in [0.25, 0.3) is 0 Å². The van der Waals surface area contributed by atoms with Crippen LogP contribution in [-0.2, 0) is 8.85 Å². The van der Waals surface area contributed by atoms with Gasteiger partial charge in [0, 0.05) is 13.2 Å². The van der Waals surface area contributed by atoms with Gasteiger partial charge in [0.1, 0.15) is 0 Å². The number of unbranched alkanes of at least 4 members (excludes halogenated alkanes) is 2. The first-order chi connectivity index (χ1) is 9.99. The van der Waals surface area contributed by atoms with E-state index in [1.54, 1.807) is 0 Å². The Kier molecular flexibility index (Phi) is 13.6. The highest BCUT2D eigenvalue weighted by atomic mass is 35.7. The summed E-state index contributed by atoms with van der Waals surface area (Å²) in [5.41, 5.74) is 0. The molecule has 0 aliphatic heterocycles. The van der Waals surface area contributed by atoms with Gasteiger partial charge in [-0.1, -0.05) is 88.4 Å². The van der Waals surface area contributed by atoms with E-state index in [0.29, 0.717) is 25.0 Å². The van der Waals surface area contributed by atoms with Crippen LogP contribution in [0.1, 0.15) is 79.1 Å². The van der Waals surface area contributed by atoms with Crippen LogP contribution in [0.3, 0.4) is 0 Å². The lowest BCUT2D eigenvalue weighted by atomic mass is 10.0. The van der Waals surface area contributed by atoms with Gasteiger partial charge in [0.25, 0.3) is 0 Å². The highest BCUT2D eigenvalue weighted by Gasteiger charge is 2.35. The van der Waals surface area contributed by atoms with Crippen molar-refractivity contribution in [2.24, 2.45) is 11.8 Å². The topological polar surface area (TPSA) is 18.5 Å². The summed E-state index contributed by atoms with van der Waals surface area (Å²) in [6.07, 6.45) is 9.46. The molecule has 0 heterocycles. The molecule has 0 amide bonds. The normalized spacial score (nSPS) is 15.1. The van der Waals surface area contributed by atoms with Crippen molar-refractivity contribution < 1.29 is 8.85 Å². The van der Waals surface area contributed by atoms with Crippen molar-refractivity contribution in [1.82, 2.24) is 0 Å². The van der Waals surface area contributed by atoms with E-state index in [2.05, 4.69) is 27.7 Å². The molecule has 0 aromatic carbocycles. The van der Waals surface area contributed by atoms with Gasteiger partial charge in [-0.3, -0.25) is 0 Å². The van der Waals surface area contributed by atoms with Crippen LogP contribution in [0, 0.1) is 11.8 Å². The average molecular weight is 357 g/mol. The molecule has 0 N–H and O–H groups in total. The van der Waals surface area contributed by atoms with Crippen molar-refractivity contribution >= 4 is 29.3 Å². The predicted molar refractivity (Wildman–Crippen MR) is 96.0 cm³/mol. The van der Waals surface area contributed by atoms with E-state index in [0.717, 1.165) is 12.8 Å². The third-order valence-corrected chi connectivity index (χ3v) is 6.38. The Balaban J connectivity index is 4.04. The minimum Gasteiger partial charge on any atom is -0.371 e. The summed E-state index contributed by atoms with van der Waals surface area (Å²) in [5.74, 6) is 1.08. The molecule has 0 aliphatic carbocycles. The van der Waals surface area contributed by atoms with Crippen LogP contribution in [-0.4, -0.2) is 20.4 Å². The van der Waals surface area contributed by atoms with Crippen molar-refractivity contribution in [2.45, 2.75) is 79.1 Å². The smallest absolute Gasteiger partial charge is 0.371 e. The number of halogens is 2. The van der Waals surface area contributed by atoms with E-state index < -0.39 is 7.18 Å². The van der Waals surface area contributed by atoms with Gasteiger partial charge in [-0.15, -0.1) is 0 Å². The summed E-state index contributed by atoms with van der Waals surface area (Å²) < 4.78 is 11.5. The zero-order chi connectivity index (χ0) is 16.1. The fourth-order valence-corrected chi connectivity index (χ4v) is 3.97. The molecule has 128 valence electrons. The van der Waals surface area contributed by atoms with E-state index in [1.807, 2.05) is 0 Å². The SMILES string of the molecule is CCCCC(CC)CO[Si](Cl)(Cl)OCC(CC)CCCC. The fourth-order valence-electron chi connectivity index (χ4n) is 2.27. The van der Waals surface area contributed by atoms with Gasteiger partial charge < -0.3 is 8.85 Å². The molecule has 0 spiro atoms. The lowest BCUT2D eigenvalue weighted by Gasteiger charge is -2.23. The molecule has 0 aliphatic rings. The first-order valence-electron chi connectivity index (χ1n) is 8.64. The van der Waals surface area contributed by atoms with Crippen molar-refractivity contribution in [3.8, 4) is 0 Å². The third kappa shape index (κ3) is 11.9. The second-order valence-electron chi connectivity index (χ2n) is 5.92. The minimum absolute atomic E-state index is 0.542. The average Bonchev–Trinajstić information content (AvgIpc) is 2.47. The Labute approximate surface area is 142 Å². The standard InChI is InChI=1S/C16H34Cl2O2Si/c1-5-9-11-15(7-3)13-19-21(17,18)20-14-16(8-4)12-10-6-2/h15-16H,5-14H2,1-4H3. The van der Waals surface area contributed by atoms with Crippen molar-refractivity contribution in [2.75, 3.05) is 13.2 Å². The quantitative estimate of drug-likeness (QED) is 0.266. The molecule has 0 saturated carbocycles. The number of hydrogen-bond donors (Lipinski definition) is 0. The molecule has 2 atom stereocenters. The molecule has 0 bridgehead atoms. The second kappa shape index (κ2) is 13.2. The molecule has 0 aromatic heterocycles. The monoisotopic (exact) mass is 356 g/mol. The maximum atomic E-state index is 6.27. The largest absolute Gasteiger partial charge is 0.551 e. The third-order valence-electron chi connectivity index (χ3n) is 4.06. The van der Waals surface area contributed by atoms with E-state index in [1.165, 1.54) is 38.5 Å². The maximum absolute atomic E-state index is 6.27. The Hall–Kier alpha value is 0.717. The first kappa shape index (κ1) is 21.7. The summed E-state index contributed by atoms with van der Waals surface area (Å²) in [4.78, 5) is 0. The van der Waals surface area contributed by atoms with Crippen LogP contribution in [0.4, 0.5) is 0 Å². The highest BCUT2D eigenvalue weighted by molar-refractivity contribution is 7.39. The van der Waals surface area contributed by atoms with Gasteiger partial charge in [-0.25, -0.2) is 0 Å². The van der Waals surface area contributed by atoms with Gasteiger partial charge in [-0.05, 0) is 24.7 Å². The van der Waals surface area contributed by atoms with E-state index in [-0.39, 0.29) is 0 Å². The van der Waals surface area contributed by atoms with Crippen molar-refractivity contribution in [3.63, 3.8) is 0 Å². The molecule has 0 fully saturated rings. The first-order valence-corrected chi connectivity index (χ1v) is 12.5. The minimum atomic E-state index is -3.00. The molecular weight excluding hydrogens is 323 g/mol. The summed E-state index contributed by atoms with van der Waals surface area (Å²) in [5, 5.41) is 0. The zero-order valence-electron chi connectivity index (χ0n) is 14.3. The molecule has 0 saturated heterocycles. The molecule has 5 heteroatoms. The molecule has 2 nitrogen and oxygen atoms in total. The Morgan fingerprint density at radius 1 is 0.762 bits per heavy atom. The zero-order valence-corrected chi connectivity index (χ0v) is 16.8. The predicted octanol–water partition coefficient (Wildman–Crippen LogP) is 6.37. The molecule has 0 radical (unpaired) electrons. The van der Waals surface area contributed by atoms with Gasteiger partial charge >= 0.3 is 7.18 Å². The van der Waals surface area contributed by atoms with Crippen LogP contribution in [0.2, 0.25) is 0 Å². The van der Waals surface area contributed by atoms with E-state index in [9.17, 15) is 0 Å². The summed E-state index contributed by atoms with van der Waals surface area (Å²) in [6, 6.07) is 0. The lowest BCUT2D eigenvalue weighted by Crippen LogP contribution is -2.33. The van der Waals surface area contributed by atoms with E-state index in [4.69, 9.17) is 31.0 Å². The van der Waals surface area contributed by atoms with Crippen LogP contribution in [0.15, 0.2) is 0 Å². The van der Waals surface area contributed by atoms with Crippen molar-refractivity contribution in [1.29, 1.82) is 0 Å². The van der Waals surface area contributed by atoms with Gasteiger partial charge in [0.2, 0.25) is 0 Å². The fraction of sp³-hybridized carbons (Fsp3) is 1.00. The maximum Gasteiger partial charge on any atom is 0.551 e. The molecular formula is C16H34Cl2O2Si. The summed E-state index contributed by atoms with van der Waals surface area (Å²) >= 11 is 12.5. The molecule has 2 unspecified atom stereocenters. The van der Waals surface area contributed by atoms with Gasteiger partial charge in [0.05, 0.1) is 0 Å².